The predicted octanol–water partition coefficient (Wildman–Crippen LogP) is 2.14. The van der Waals surface area contributed by atoms with Gasteiger partial charge in [0, 0.05) is 17.8 Å². The first-order valence-corrected chi connectivity index (χ1v) is 11.8. The van der Waals surface area contributed by atoms with Crippen LogP contribution in [0.25, 0.3) is 11.0 Å². The molecular formula is C20H18ClN5O3S. The van der Waals surface area contributed by atoms with Gasteiger partial charge in [-0.25, -0.2) is 18.1 Å². The van der Waals surface area contributed by atoms with Crippen LogP contribution in [0.5, 0.6) is 0 Å². The Morgan fingerprint density at radius 3 is 2.83 bits per heavy atom. The summed E-state index contributed by atoms with van der Waals surface area (Å²) in [5.74, 6) is 0.681. The minimum Gasteiger partial charge on any atom is -0.321 e. The molecule has 2 aromatic heterocycles. The van der Waals surface area contributed by atoms with E-state index in [4.69, 9.17) is 16.6 Å². The normalized spacial score (nSPS) is 23.4. The molecule has 3 aliphatic rings. The highest BCUT2D eigenvalue weighted by Crippen LogP contribution is 2.57. The number of nitrogens with one attached hydrogen (secondary N) is 1. The number of hydrogen-bond donors (Lipinski definition) is 1. The highest BCUT2D eigenvalue weighted by molar-refractivity contribution is 7.89. The molecule has 10 heteroatoms. The van der Waals surface area contributed by atoms with Crippen LogP contribution in [0.4, 0.5) is 5.69 Å². The molecule has 1 aliphatic carbocycles. The molecule has 8 nitrogen and oxygen atoms in total. The van der Waals surface area contributed by atoms with Crippen LogP contribution in [0, 0.1) is 0 Å². The van der Waals surface area contributed by atoms with Gasteiger partial charge in [-0.1, -0.05) is 11.6 Å². The Bertz CT molecular complexity index is 1330. The second kappa shape index (κ2) is 6.03. The first-order chi connectivity index (χ1) is 14.4. The molecule has 1 unspecified atom stereocenters. The van der Waals surface area contributed by atoms with Crippen LogP contribution >= 0.6 is 11.6 Å². The van der Waals surface area contributed by atoms with E-state index < -0.39 is 15.4 Å². The molecular weight excluding hydrogens is 426 g/mol. The van der Waals surface area contributed by atoms with Crippen LogP contribution in [-0.4, -0.2) is 41.2 Å². The molecule has 4 heterocycles. The van der Waals surface area contributed by atoms with Crippen LogP contribution in [-0.2, 0) is 26.8 Å². The monoisotopic (exact) mass is 443 g/mol. The molecule has 154 valence electrons. The van der Waals surface area contributed by atoms with Gasteiger partial charge >= 0.3 is 0 Å². The van der Waals surface area contributed by atoms with Crippen molar-refractivity contribution in [2.75, 3.05) is 17.2 Å². The number of hydrogen-bond acceptors (Lipinski definition) is 5. The van der Waals surface area contributed by atoms with E-state index in [1.165, 1.54) is 0 Å². The molecule has 1 saturated carbocycles. The Kier molecular flexibility index (Phi) is 3.67. The lowest BCUT2D eigenvalue weighted by Crippen LogP contribution is -2.33. The number of pyridine rings is 1. The minimum atomic E-state index is -3.33. The van der Waals surface area contributed by atoms with Crippen molar-refractivity contribution in [2.24, 2.45) is 0 Å². The molecule has 2 fully saturated rings. The smallest absolute Gasteiger partial charge is 0.238 e. The molecule has 6 rings (SSSR count). The summed E-state index contributed by atoms with van der Waals surface area (Å²) in [6, 6.07) is 7.00. The third kappa shape index (κ3) is 2.55. The molecule has 0 radical (unpaired) electrons. The van der Waals surface area contributed by atoms with Crippen molar-refractivity contribution in [3.63, 3.8) is 0 Å². The van der Waals surface area contributed by atoms with Crippen LogP contribution in [0.3, 0.4) is 0 Å². The summed E-state index contributed by atoms with van der Waals surface area (Å²) in [6.45, 7) is 0.543. The zero-order valence-corrected chi connectivity index (χ0v) is 17.4. The second-order valence-corrected chi connectivity index (χ2v) is 10.5. The van der Waals surface area contributed by atoms with E-state index in [0.717, 1.165) is 29.6 Å². The van der Waals surface area contributed by atoms with Gasteiger partial charge < -0.3 is 9.47 Å². The van der Waals surface area contributed by atoms with E-state index >= 15 is 0 Å². The highest BCUT2D eigenvalue weighted by Gasteiger charge is 2.59. The maximum Gasteiger partial charge on any atom is 0.238 e. The summed E-state index contributed by atoms with van der Waals surface area (Å²) in [5.41, 5.74) is 2.90. The van der Waals surface area contributed by atoms with Crippen LogP contribution < -0.4 is 9.62 Å². The third-order valence-corrected chi connectivity index (χ3v) is 8.02. The topological polar surface area (TPSA) is 97.2 Å². The number of fused-ring (bicyclic) bond motifs is 3. The van der Waals surface area contributed by atoms with E-state index in [1.54, 1.807) is 29.4 Å². The molecule has 1 aromatic carbocycles. The summed E-state index contributed by atoms with van der Waals surface area (Å²) in [4.78, 5) is 24.0. The maximum atomic E-state index is 13.3. The number of aromatic nitrogens is 3. The molecule has 0 bridgehead atoms. The zero-order chi connectivity index (χ0) is 20.7. The van der Waals surface area contributed by atoms with Gasteiger partial charge in [-0.05, 0) is 42.7 Å². The maximum absolute atomic E-state index is 13.3. The van der Waals surface area contributed by atoms with Crippen molar-refractivity contribution >= 4 is 44.3 Å². The predicted molar refractivity (Wildman–Crippen MR) is 112 cm³/mol. The fraction of sp³-hybridized carbons (Fsp3) is 0.350. The van der Waals surface area contributed by atoms with Crippen molar-refractivity contribution in [3.05, 3.63) is 53.1 Å². The van der Waals surface area contributed by atoms with Crippen molar-refractivity contribution in [1.29, 1.82) is 0 Å². The van der Waals surface area contributed by atoms with Crippen molar-refractivity contribution in [1.82, 2.24) is 19.3 Å². The van der Waals surface area contributed by atoms with Crippen molar-refractivity contribution in [3.8, 4) is 0 Å². The number of nitrogens with zero attached hydrogens (tertiary/aromatic N) is 4. The Hall–Kier alpha value is -2.49. The van der Waals surface area contributed by atoms with Crippen LogP contribution in [0.2, 0.25) is 5.02 Å². The number of amides is 1. The summed E-state index contributed by atoms with van der Waals surface area (Å²) >= 11 is 6.16. The number of anilines is 1. The number of benzene rings is 1. The molecule has 3 aromatic rings. The van der Waals surface area contributed by atoms with Crippen LogP contribution in [0.1, 0.15) is 30.3 Å². The number of carbonyl (C=O) groups is 1. The van der Waals surface area contributed by atoms with Gasteiger partial charge in [-0.15, -0.1) is 0 Å². The van der Waals surface area contributed by atoms with Crippen molar-refractivity contribution in [2.45, 2.75) is 30.8 Å². The fourth-order valence-electron chi connectivity index (χ4n) is 4.80. The first kappa shape index (κ1) is 18.3. The largest absolute Gasteiger partial charge is 0.321 e. The number of imidazole rings is 1. The average Bonchev–Trinajstić information content (AvgIpc) is 3.27. The Morgan fingerprint density at radius 2 is 2.10 bits per heavy atom. The Morgan fingerprint density at radius 1 is 1.27 bits per heavy atom. The van der Waals surface area contributed by atoms with Gasteiger partial charge in [0.1, 0.15) is 5.82 Å². The summed E-state index contributed by atoms with van der Waals surface area (Å²) in [5, 5.41) is 0.555. The van der Waals surface area contributed by atoms with Crippen molar-refractivity contribution < 1.29 is 13.2 Å². The summed E-state index contributed by atoms with van der Waals surface area (Å²) in [7, 11) is -3.33. The van der Waals surface area contributed by atoms with Gasteiger partial charge in [0.25, 0.3) is 0 Å². The van der Waals surface area contributed by atoms with E-state index in [0.29, 0.717) is 22.9 Å². The zero-order valence-electron chi connectivity index (χ0n) is 15.9. The molecule has 1 N–H and O–H groups in total. The molecule has 30 heavy (non-hydrogen) atoms. The Balaban J connectivity index is 1.47. The number of sulfonamides is 1. The highest BCUT2D eigenvalue weighted by atomic mass is 35.5. The van der Waals surface area contributed by atoms with Gasteiger partial charge in [0.2, 0.25) is 15.9 Å². The summed E-state index contributed by atoms with van der Waals surface area (Å²) in [6.07, 6.45) is 5.14. The van der Waals surface area contributed by atoms with Crippen LogP contribution in [0.15, 0.2) is 36.7 Å². The third-order valence-electron chi connectivity index (χ3n) is 6.35. The quantitative estimate of drug-likeness (QED) is 0.668. The van der Waals surface area contributed by atoms with Gasteiger partial charge in [0.05, 0.1) is 46.7 Å². The molecule has 1 spiro atoms. The Labute approximate surface area is 177 Å². The standard InChI is InChI=1S/C20H18ClN5O3S/c21-12-1-2-16-15(7-12)24-18(26(16)13-8-23-30(28,29)11-13)10-25-17-9-22-6-3-14(17)20(4-5-20)19(25)27/h1-3,6-7,9,13,23H,4-5,8,10-11H2. The summed E-state index contributed by atoms with van der Waals surface area (Å²) < 4.78 is 28.6. The van der Waals surface area contributed by atoms with E-state index in [9.17, 15) is 13.2 Å². The van der Waals surface area contributed by atoms with Gasteiger partial charge in [-0.3, -0.25) is 9.78 Å². The van der Waals surface area contributed by atoms with E-state index in [-0.39, 0.29) is 24.2 Å². The lowest BCUT2D eigenvalue weighted by atomic mass is 9.99. The minimum absolute atomic E-state index is 0.0237. The van der Waals surface area contributed by atoms with Gasteiger partial charge in [-0.2, -0.15) is 0 Å². The van der Waals surface area contributed by atoms with E-state index in [2.05, 4.69) is 9.71 Å². The fourth-order valence-corrected chi connectivity index (χ4v) is 6.30. The average molecular weight is 444 g/mol. The van der Waals surface area contributed by atoms with Gasteiger partial charge in [0.15, 0.2) is 0 Å². The SMILES string of the molecule is O=C1N(Cc2nc3cc(Cl)ccc3n2C2CNS(=O)(=O)C2)c2cnccc2C12CC2. The molecule has 1 atom stereocenters. The number of halogens is 1. The first-order valence-electron chi connectivity index (χ1n) is 9.78. The molecule has 1 amide bonds. The lowest BCUT2D eigenvalue weighted by molar-refractivity contribution is -0.120. The molecule has 1 saturated heterocycles. The lowest BCUT2D eigenvalue weighted by Gasteiger charge is -2.20. The number of carbonyl (C=O) groups excluding carboxylic acids is 1. The second-order valence-electron chi connectivity index (χ2n) is 8.18. The molecule has 2 aliphatic heterocycles. The number of rotatable bonds is 3. The van der Waals surface area contributed by atoms with E-state index in [1.807, 2.05) is 16.7 Å².